The van der Waals surface area contributed by atoms with Crippen molar-refractivity contribution in [2.24, 2.45) is 14.1 Å². The van der Waals surface area contributed by atoms with Crippen molar-refractivity contribution in [2.45, 2.75) is 6.54 Å². The Morgan fingerprint density at radius 1 is 1.33 bits per heavy atom. The van der Waals surface area contributed by atoms with Gasteiger partial charge in [0, 0.05) is 32.4 Å². The van der Waals surface area contributed by atoms with Gasteiger partial charge in [0.25, 0.3) is 0 Å². The number of aryl methyl sites for hydroxylation is 2. The van der Waals surface area contributed by atoms with Gasteiger partial charge < -0.3 is 5.32 Å². The third-order valence-corrected chi connectivity index (χ3v) is 2.12. The van der Waals surface area contributed by atoms with E-state index in [1.165, 1.54) is 10.9 Å². The zero-order valence-corrected chi connectivity index (χ0v) is 8.61. The van der Waals surface area contributed by atoms with Crippen LogP contribution in [0.5, 0.6) is 0 Å². The lowest BCUT2D eigenvalue weighted by atomic mass is 10.3. The molecule has 1 N–H and O–H groups in total. The molecule has 0 spiro atoms. The highest BCUT2D eigenvalue weighted by Crippen LogP contribution is 2.09. The normalized spacial score (nSPS) is 10.6. The van der Waals surface area contributed by atoms with Crippen LogP contribution in [0.25, 0.3) is 0 Å². The standard InChI is InChI=1S/C9H12FN5/c1-14-6-8(5-12-14)11-3-7-4-13-15(2)9(7)10/h4-6,11H,3H2,1-2H3. The number of rotatable bonds is 3. The number of hydrogen-bond donors (Lipinski definition) is 1. The molecule has 0 saturated heterocycles. The van der Waals surface area contributed by atoms with Crippen LogP contribution in [0.15, 0.2) is 18.6 Å². The van der Waals surface area contributed by atoms with Crippen LogP contribution < -0.4 is 5.32 Å². The summed E-state index contributed by atoms with van der Waals surface area (Å²) >= 11 is 0. The van der Waals surface area contributed by atoms with Gasteiger partial charge in [-0.3, -0.25) is 4.68 Å². The molecule has 0 saturated carbocycles. The zero-order chi connectivity index (χ0) is 10.8. The highest BCUT2D eigenvalue weighted by atomic mass is 19.1. The molecule has 0 amide bonds. The Bertz CT molecular complexity index is 459. The number of nitrogens with zero attached hydrogens (tertiary/aromatic N) is 4. The minimum absolute atomic E-state index is 0.314. The number of hydrogen-bond acceptors (Lipinski definition) is 3. The predicted octanol–water partition coefficient (Wildman–Crippen LogP) is 0.905. The average Bonchev–Trinajstić information content (AvgIpc) is 2.74. The van der Waals surface area contributed by atoms with E-state index in [0.29, 0.717) is 12.1 Å². The second-order valence-corrected chi connectivity index (χ2v) is 3.34. The van der Waals surface area contributed by atoms with Crippen molar-refractivity contribution in [3.63, 3.8) is 0 Å². The lowest BCUT2D eigenvalue weighted by Gasteiger charge is -2.00. The average molecular weight is 209 g/mol. The Hall–Kier alpha value is -1.85. The summed E-state index contributed by atoms with van der Waals surface area (Å²) in [7, 11) is 3.40. The van der Waals surface area contributed by atoms with Gasteiger partial charge in [-0.05, 0) is 0 Å². The first-order valence-corrected chi connectivity index (χ1v) is 4.55. The van der Waals surface area contributed by atoms with Crippen LogP contribution in [0.1, 0.15) is 5.56 Å². The molecule has 0 unspecified atom stereocenters. The summed E-state index contributed by atoms with van der Waals surface area (Å²) < 4.78 is 16.2. The van der Waals surface area contributed by atoms with E-state index in [4.69, 9.17) is 0 Å². The Labute approximate surface area is 86.5 Å². The SMILES string of the molecule is Cn1cc(NCc2cnn(C)c2F)cn1. The minimum Gasteiger partial charge on any atom is -0.378 e. The van der Waals surface area contributed by atoms with E-state index >= 15 is 0 Å². The largest absolute Gasteiger partial charge is 0.378 e. The first kappa shape index (κ1) is 9.70. The molecule has 0 aromatic carbocycles. The van der Waals surface area contributed by atoms with Gasteiger partial charge in [-0.1, -0.05) is 0 Å². The first-order chi connectivity index (χ1) is 7.16. The smallest absolute Gasteiger partial charge is 0.216 e. The molecule has 0 fully saturated rings. The number of nitrogens with one attached hydrogen (secondary N) is 1. The maximum absolute atomic E-state index is 13.3. The van der Waals surface area contributed by atoms with E-state index in [-0.39, 0.29) is 5.95 Å². The molecule has 0 aliphatic rings. The molecule has 0 aliphatic heterocycles. The predicted molar refractivity (Wildman–Crippen MR) is 53.7 cm³/mol. The summed E-state index contributed by atoms with van der Waals surface area (Å²) in [5, 5.41) is 10.9. The summed E-state index contributed by atoms with van der Waals surface area (Å²) in [5.74, 6) is -0.314. The van der Waals surface area contributed by atoms with Crippen molar-refractivity contribution < 1.29 is 4.39 Å². The maximum Gasteiger partial charge on any atom is 0.216 e. The summed E-state index contributed by atoms with van der Waals surface area (Å²) in [4.78, 5) is 0. The molecule has 2 aromatic rings. The number of halogens is 1. The van der Waals surface area contributed by atoms with Gasteiger partial charge in [-0.2, -0.15) is 14.6 Å². The molecule has 6 heteroatoms. The Kier molecular flexibility index (Phi) is 2.40. The zero-order valence-electron chi connectivity index (χ0n) is 8.61. The van der Waals surface area contributed by atoms with Crippen LogP contribution >= 0.6 is 0 Å². The molecule has 0 radical (unpaired) electrons. The van der Waals surface area contributed by atoms with Crippen molar-refractivity contribution in [2.75, 3.05) is 5.32 Å². The molecular formula is C9H12FN5. The summed E-state index contributed by atoms with van der Waals surface area (Å²) in [5.41, 5.74) is 1.40. The van der Waals surface area contributed by atoms with Crippen LogP contribution in [0.3, 0.4) is 0 Å². The van der Waals surface area contributed by atoms with E-state index in [1.54, 1.807) is 17.9 Å². The molecule has 0 bridgehead atoms. The van der Waals surface area contributed by atoms with Crippen LogP contribution in [-0.4, -0.2) is 19.6 Å². The monoisotopic (exact) mass is 209 g/mol. The number of anilines is 1. The summed E-state index contributed by atoms with van der Waals surface area (Å²) in [6, 6.07) is 0. The maximum atomic E-state index is 13.3. The highest BCUT2D eigenvalue weighted by molar-refractivity contribution is 5.38. The van der Waals surface area contributed by atoms with Gasteiger partial charge in [-0.25, -0.2) is 4.68 Å². The molecule has 2 aromatic heterocycles. The summed E-state index contributed by atoms with van der Waals surface area (Å²) in [6.07, 6.45) is 5.03. The Balaban J connectivity index is 2.02. The topological polar surface area (TPSA) is 47.7 Å². The van der Waals surface area contributed by atoms with Gasteiger partial charge in [0.1, 0.15) is 0 Å². The molecular weight excluding hydrogens is 197 g/mol. The summed E-state index contributed by atoms with van der Waals surface area (Å²) in [6.45, 7) is 0.408. The van der Waals surface area contributed by atoms with E-state index in [9.17, 15) is 4.39 Å². The van der Waals surface area contributed by atoms with Gasteiger partial charge in [0.2, 0.25) is 5.95 Å². The Morgan fingerprint density at radius 2 is 2.13 bits per heavy atom. The van der Waals surface area contributed by atoms with E-state index in [0.717, 1.165) is 5.69 Å². The molecule has 15 heavy (non-hydrogen) atoms. The van der Waals surface area contributed by atoms with Crippen LogP contribution in [-0.2, 0) is 20.6 Å². The van der Waals surface area contributed by atoms with Gasteiger partial charge in [0.05, 0.1) is 18.1 Å². The van der Waals surface area contributed by atoms with Crippen LogP contribution in [0.2, 0.25) is 0 Å². The fourth-order valence-corrected chi connectivity index (χ4v) is 1.30. The van der Waals surface area contributed by atoms with Crippen LogP contribution in [0.4, 0.5) is 10.1 Å². The second kappa shape index (κ2) is 3.72. The van der Waals surface area contributed by atoms with Crippen molar-refractivity contribution in [3.05, 3.63) is 30.1 Å². The Morgan fingerprint density at radius 3 is 2.67 bits per heavy atom. The third kappa shape index (κ3) is 1.98. The van der Waals surface area contributed by atoms with E-state index in [2.05, 4.69) is 15.5 Å². The first-order valence-electron chi connectivity index (χ1n) is 4.55. The van der Waals surface area contributed by atoms with Crippen molar-refractivity contribution in [3.8, 4) is 0 Å². The lowest BCUT2D eigenvalue weighted by molar-refractivity contribution is 0.496. The second-order valence-electron chi connectivity index (χ2n) is 3.34. The van der Waals surface area contributed by atoms with E-state index < -0.39 is 0 Å². The number of aromatic nitrogens is 4. The molecule has 0 aliphatic carbocycles. The minimum atomic E-state index is -0.314. The molecule has 80 valence electrons. The van der Waals surface area contributed by atoms with Crippen molar-refractivity contribution in [1.29, 1.82) is 0 Å². The molecule has 2 rings (SSSR count). The van der Waals surface area contributed by atoms with Gasteiger partial charge in [0.15, 0.2) is 0 Å². The van der Waals surface area contributed by atoms with Gasteiger partial charge >= 0.3 is 0 Å². The fraction of sp³-hybridized carbons (Fsp3) is 0.333. The van der Waals surface area contributed by atoms with Crippen LogP contribution in [0, 0.1) is 5.95 Å². The molecule has 5 nitrogen and oxygen atoms in total. The van der Waals surface area contributed by atoms with Crippen molar-refractivity contribution >= 4 is 5.69 Å². The third-order valence-electron chi connectivity index (χ3n) is 2.12. The van der Waals surface area contributed by atoms with Crippen molar-refractivity contribution in [1.82, 2.24) is 19.6 Å². The van der Waals surface area contributed by atoms with E-state index in [1.807, 2.05) is 13.2 Å². The van der Waals surface area contributed by atoms with Gasteiger partial charge in [-0.15, -0.1) is 0 Å². The molecule has 2 heterocycles. The fourth-order valence-electron chi connectivity index (χ4n) is 1.30. The molecule has 0 atom stereocenters. The highest BCUT2D eigenvalue weighted by Gasteiger charge is 2.06. The lowest BCUT2D eigenvalue weighted by Crippen LogP contribution is -2.01. The quantitative estimate of drug-likeness (QED) is 0.817.